The first-order valence-electron chi connectivity index (χ1n) is 15.0. The fourth-order valence-corrected chi connectivity index (χ4v) is 7.88. The van der Waals surface area contributed by atoms with Gasteiger partial charge < -0.3 is 4.90 Å². The van der Waals surface area contributed by atoms with Crippen molar-refractivity contribution < 1.29 is 0 Å². The molecule has 0 saturated carbocycles. The zero-order chi connectivity index (χ0) is 29.0. The van der Waals surface area contributed by atoms with Crippen LogP contribution in [0.1, 0.15) is 0 Å². The lowest BCUT2D eigenvalue weighted by molar-refractivity contribution is 1.31. The van der Waals surface area contributed by atoms with Gasteiger partial charge in [0.25, 0.3) is 0 Å². The summed E-state index contributed by atoms with van der Waals surface area (Å²) in [5.74, 6) is 0. The second kappa shape index (κ2) is 10.1. The minimum atomic E-state index is 1.13. The third-order valence-electron chi connectivity index (χ3n) is 8.80. The van der Waals surface area contributed by atoms with Crippen molar-refractivity contribution in [2.45, 2.75) is 0 Å². The van der Waals surface area contributed by atoms with E-state index in [0.717, 1.165) is 11.4 Å². The Bertz CT molecular complexity index is 2510. The molecule has 1 nitrogen and oxygen atoms in total. The Hall–Kier alpha value is -5.44. The first-order chi connectivity index (χ1) is 21.8. The summed E-state index contributed by atoms with van der Waals surface area (Å²) < 4.78 is 2.63. The lowest BCUT2D eigenvalue weighted by Gasteiger charge is -2.28. The molecule has 9 aromatic rings. The van der Waals surface area contributed by atoms with E-state index in [1.807, 2.05) is 11.3 Å². The van der Waals surface area contributed by atoms with E-state index in [2.05, 4.69) is 169 Å². The molecule has 0 N–H and O–H groups in total. The van der Waals surface area contributed by atoms with Crippen molar-refractivity contribution in [3.8, 4) is 11.1 Å². The van der Waals surface area contributed by atoms with Gasteiger partial charge in [-0.3, -0.25) is 0 Å². The zero-order valence-corrected chi connectivity index (χ0v) is 24.8. The zero-order valence-electron chi connectivity index (χ0n) is 23.9. The molecule has 1 aromatic heterocycles. The minimum Gasteiger partial charge on any atom is -0.310 e. The molecule has 0 atom stereocenters. The number of anilines is 3. The summed E-state index contributed by atoms with van der Waals surface area (Å²) in [4.78, 5) is 2.45. The predicted molar refractivity (Wildman–Crippen MR) is 192 cm³/mol. The highest BCUT2D eigenvalue weighted by atomic mass is 32.1. The van der Waals surface area contributed by atoms with E-state index in [9.17, 15) is 0 Å². The van der Waals surface area contributed by atoms with Crippen molar-refractivity contribution in [1.82, 2.24) is 0 Å². The molecule has 0 spiro atoms. The quantitative estimate of drug-likeness (QED) is 0.188. The number of hydrogen-bond donors (Lipinski definition) is 0. The maximum absolute atomic E-state index is 2.45. The molecular formula is C42H27NS. The molecule has 0 aliphatic rings. The standard InChI is InChI=1S/C42H27NS/c1-2-11-28(12-3-1)30-15-10-16-32(25-30)43(39-26-31-14-5-6-17-34(31)36-19-8-9-20-37(36)39)33-22-24-40-38(27-33)42-35-18-7-4-13-29(35)21-23-41(42)44-40/h1-27H. The van der Waals surface area contributed by atoms with Gasteiger partial charge in [0, 0.05) is 36.9 Å². The maximum atomic E-state index is 2.45. The number of thiophene rings is 1. The van der Waals surface area contributed by atoms with Crippen LogP contribution >= 0.6 is 11.3 Å². The molecule has 0 bridgehead atoms. The van der Waals surface area contributed by atoms with Gasteiger partial charge in [0.2, 0.25) is 0 Å². The Morgan fingerprint density at radius 3 is 1.89 bits per heavy atom. The van der Waals surface area contributed by atoms with E-state index in [0.29, 0.717) is 0 Å². The molecule has 9 rings (SSSR count). The highest BCUT2D eigenvalue weighted by molar-refractivity contribution is 7.26. The van der Waals surface area contributed by atoms with Crippen molar-refractivity contribution in [1.29, 1.82) is 0 Å². The molecule has 44 heavy (non-hydrogen) atoms. The van der Waals surface area contributed by atoms with Gasteiger partial charge in [-0.25, -0.2) is 0 Å². The van der Waals surface area contributed by atoms with Gasteiger partial charge in [0.15, 0.2) is 0 Å². The van der Waals surface area contributed by atoms with Crippen molar-refractivity contribution in [3.63, 3.8) is 0 Å². The van der Waals surface area contributed by atoms with Gasteiger partial charge in [-0.1, -0.05) is 121 Å². The van der Waals surface area contributed by atoms with E-state index in [-0.39, 0.29) is 0 Å². The van der Waals surface area contributed by atoms with E-state index in [4.69, 9.17) is 0 Å². The monoisotopic (exact) mass is 577 g/mol. The van der Waals surface area contributed by atoms with Crippen molar-refractivity contribution >= 4 is 80.9 Å². The summed E-state index contributed by atoms with van der Waals surface area (Å²) in [6.45, 7) is 0. The summed E-state index contributed by atoms with van der Waals surface area (Å²) >= 11 is 1.87. The molecule has 206 valence electrons. The van der Waals surface area contributed by atoms with Crippen LogP contribution in [0.4, 0.5) is 17.1 Å². The van der Waals surface area contributed by atoms with Crippen molar-refractivity contribution in [2.24, 2.45) is 0 Å². The van der Waals surface area contributed by atoms with Crippen LogP contribution in [-0.4, -0.2) is 0 Å². The molecule has 0 radical (unpaired) electrons. The number of nitrogens with zero attached hydrogens (tertiary/aromatic N) is 1. The van der Waals surface area contributed by atoms with Crippen LogP contribution in [0.2, 0.25) is 0 Å². The summed E-state index contributed by atoms with van der Waals surface area (Å²) in [5.41, 5.74) is 5.87. The smallest absolute Gasteiger partial charge is 0.0546 e. The van der Waals surface area contributed by atoms with Crippen LogP contribution in [-0.2, 0) is 0 Å². The number of benzene rings is 8. The third kappa shape index (κ3) is 4.00. The van der Waals surface area contributed by atoms with Crippen molar-refractivity contribution in [3.05, 3.63) is 164 Å². The Balaban J connectivity index is 1.36. The molecule has 0 amide bonds. The highest BCUT2D eigenvalue weighted by Crippen LogP contribution is 2.46. The van der Waals surface area contributed by atoms with Gasteiger partial charge in [-0.05, 0) is 80.5 Å². The predicted octanol–water partition coefficient (Wildman–Crippen LogP) is 12.7. The van der Waals surface area contributed by atoms with Crippen LogP contribution < -0.4 is 4.90 Å². The third-order valence-corrected chi connectivity index (χ3v) is 9.94. The maximum Gasteiger partial charge on any atom is 0.0546 e. The molecule has 0 saturated heterocycles. The molecule has 2 heteroatoms. The van der Waals surface area contributed by atoms with Gasteiger partial charge in [0.1, 0.15) is 0 Å². The molecule has 0 fully saturated rings. The van der Waals surface area contributed by atoms with Crippen LogP contribution in [0.25, 0.3) is 63.6 Å². The fraction of sp³-hybridized carbons (Fsp3) is 0. The van der Waals surface area contributed by atoms with E-state index < -0.39 is 0 Å². The Morgan fingerprint density at radius 1 is 0.364 bits per heavy atom. The average molecular weight is 578 g/mol. The molecule has 1 heterocycles. The number of rotatable bonds is 4. The Kier molecular flexibility index (Phi) is 5.75. The SMILES string of the molecule is c1ccc(-c2cccc(N(c3ccc4sc5ccc6ccccc6c5c4c3)c3cc4ccccc4c4ccccc34)c2)cc1. The Labute approximate surface area is 259 Å². The van der Waals surface area contributed by atoms with Gasteiger partial charge in [0.05, 0.1) is 5.69 Å². The average Bonchev–Trinajstić information content (AvgIpc) is 3.48. The van der Waals surface area contributed by atoms with Crippen molar-refractivity contribution in [2.75, 3.05) is 4.90 Å². The van der Waals surface area contributed by atoms with E-state index in [1.165, 1.54) is 69.3 Å². The molecular weight excluding hydrogens is 551 g/mol. The number of hydrogen-bond acceptors (Lipinski definition) is 2. The molecule has 0 unspecified atom stereocenters. The lowest BCUT2D eigenvalue weighted by atomic mass is 9.98. The Morgan fingerprint density at radius 2 is 1.02 bits per heavy atom. The second-order valence-electron chi connectivity index (χ2n) is 11.4. The summed E-state index contributed by atoms with van der Waals surface area (Å²) in [7, 11) is 0. The minimum absolute atomic E-state index is 1.13. The normalized spacial score (nSPS) is 11.6. The molecule has 0 aliphatic heterocycles. The van der Waals surface area contributed by atoms with E-state index in [1.54, 1.807) is 0 Å². The summed E-state index contributed by atoms with van der Waals surface area (Å²) in [6, 6.07) is 59.8. The topological polar surface area (TPSA) is 3.24 Å². The largest absolute Gasteiger partial charge is 0.310 e. The summed E-state index contributed by atoms with van der Waals surface area (Å²) in [6.07, 6.45) is 0. The van der Waals surface area contributed by atoms with Crippen LogP contribution in [0.3, 0.4) is 0 Å². The van der Waals surface area contributed by atoms with Gasteiger partial charge >= 0.3 is 0 Å². The summed E-state index contributed by atoms with van der Waals surface area (Å²) in [5, 5.41) is 10.2. The number of fused-ring (bicyclic) bond motifs is 8. The highest BCUT2D eigenvalue weighted by Gasteiger charge is 2.19. The van der Waals surface area contributed by atoms with E-state index >= 15 is 0 Å². The molecule has 0 aliphatic carbocycles. The van der Waals surface area contributed by atoms with Gasteiger partial charge in [-0.15, -0.1) is 11.3 Å². The van der Waals surface area contributed by atoms with Crippen LogP contribution in [0.15, 0.2) is 164 Å². The lowest BCUT2D eigenvalue weighted by Crippen LogP contribution is -2.10. The fourth-order valence-electron chi connectivity index (χ4n) is 6.78. The molecule has 8 aromatic carbocycles. The second-order valence-corrected chi connectivity index (χ2v) is 12.4. The van der Waals surface area contributed by atoms with Gasteiger partial charge in [-0.2, -0.15) is 0 Å². The van der Waals surface area contributed by atoms with Crippen LogP contribution in [0.5, 0.6) is 0 Å². The van der Waals surface area contributed by atoms with Crippen LogP contribution in [0, 0.1) is 0 Å². The first-order valence-corrected chi connectivity index (χ1v) is 15.8. The first kappa shape index (κ1) is 25.1.